The van der Waals surface area contributed by atoms with Gasteiger partial charge in [-0.1, -0.05) is 43.6 Å². The molecule has 9 nitrogen and oxygen atoms in total. The highest BCUT2D eigenvalue weighted by Gasteiger charge is 2.37. The average molecular weight is 543 g/mol. The lowest BCUT2D eigenvalue weighted by Gasteiger charge is -2.18. The maximum absolute atomic E-state index is 13.7. The first kappa shape index (κ1) is 26.0. The lowest BCUT2D eigenvalue weighted by atomic mass is 10.00. The first-order valence-electron chi connectivity index (χ1n) is 12.4. The summed E-state index contributed by atoms with van der Waals surface area (Å²) in [6.45, 7) is 3.56. The zero-order valence-electron chi connectivity index (χ0n) is 21.2. The molecule has 0 N–H and O–H groups in total. The molecule has 0 bridgehead atoms. The normalized spacial score (nSPS) is 12.6. The van der Waals surface area contributed by atoms with Crippen molar-refractivity contribution in [3.63, 3.8) is 0 Å². The third-order valence-electron chi connectivity index (χ3n) is 6.76. The minimum atomic E-state index is -0.551. The van der Waals surface area contributed by atoms with Crippen LogP contribution in [0.1, 0.15) is 67.7 Å². The summed E-state index contributed by atoms with van der Waals surface area (Å²) in [6, 6.07) is 17.1. The fraction of sp³-hybridized carbons (Fsp3) is 0.172. The van der Waals surface area contributed by atoms with Crippen LogP contribution < -0.4 is 0 Å². The van der Waals surface area contributed by atoms with E-state index in [0.29, 0.717) is 34.8 Å². The molecule has 5 rings (SSSR count). The molecule has 196 valence electrons. The van der Waals surface area contributed by atoms with E-state index in [1.807, 2.05) is 13.8 Å². The topological polar surface area (TPSA) is 115 Å². The van der Waals surface area contributed by atoms with Gasteiger partial charge in [-0.2, -0.15) is 0 Å². The number of imide groups is 1. The minimum Gasteiger partial charge on any atom is -0.292 e. The predicted molar refractivity (Wildman–Crippen MR) is 145 cm³/mol. The Labute approximate surface area is 228 Å². The first-order valence-corrected chi connectivity index (χ1v) is 12.8. The van der Waals surface area contributed by atoms with Gasteiger partial charge in [-0.3, -0.25) is 34.0 Å². The van der Waals surface area contributed by atoms with Crippen molar-refractivity contribution in [2.75, 3.05) is 0 Å². The van der Waals surface area contributed by atoms with Crippen LogP contribution in [0, 0.1) is 10.1 Å². The van der Waals surface area contributed by atoms with Crippen molar-refractivity contribution >= 4 is 34.9 Å². The molecule has 2 heterocycles. The van der Waals surface area contributed by atoms with E-state index >= 15 is 0 Å². The standard InChI is InChI=1S/C29H23ClN4O5/c1-3-22-23(4-2)33(25(31-22)16-32-28(36)19-8-5-6-9-20(19)29(32)37)26-21(10-7-11-24(26)34(38)39)27(35)17-12-14-18(30)15-13-17/h5-15H,3-4,16H2,1-2H3. The summed E-state index contributed by atoms with van der Waals surface area (Å²) in [5.41, 5.74) is 2.02. The second-order valence-corrected chi connectivity index (χ2v) is 9.41. The van der Waals surface area contributed by atoms with E-state index in [2.05, 4.69) is 0 Å². The van der Waals surface area contributed by atoms with Gasteiger partial charge in [0.1, 0.15) is 11.5 Å². The third kappa shape index (κ3) is 4.40. The molecule has 0 saturated carbocycles. The van der Waals surface area contributed by atoms with Crippen LogP contribution in [0.4, 0.5) is 5.69 Å². The van der Waals surface area contributed by atoms with Gasteiger partial charge in [0.15, 0.2) is 5.78 Å². The largest absolute Gasteiger partial charge is 0.294 e. The summed E-state index contributed by atoms with van der Waals surface area (Å²) < 4.78 is 1.57. The summed E-state index contributed by atoms with van der Waals surface area (Å²) >= 11 is 6.00. The number of imidazole rings is 1. The number of hydrogen-bond acceptors (Lipinski definition) is 6. The number of benzene rings is 3. The number of amides is 2. The Morgan fingerprint density at radius 1 is 0.923 bits per heavy atom. The molecule has 39 heavy (non-hydrogen) atoms. The molecule has 0 atom stereocenters. The van der Waals surface area contributed by atoms with Crippen LogP contribution in [-0.4, -0.2) is 37.0 Å². The maximum atomic E-state index is 13.7. The van der Waals surface area contributed by atoms with E-state index in [4.69, 9.17) is 16.6 Å². The molecule has 10 heteroatoms. The van der Waals surface area contributed by atoms with Crippen molar-refractivity contribution < 1.29 is 19.3 Å². The molecule has 3 aromatic carbocycles. The number of para-hydroxylation sites is 1. The molecule has 0 unspecified atom stereocenters. The zero-order valence-corrected chi connectivity index (χ0v) is 21.9. The molecular formula is C29H23ClN4O5. The van der Waals surface area contributed by atoms with E-state index in [0.717, 1.165) is 4.90 Å². The predicted octanol–water partition coefficient (Wildman–Crippen LogP) is 5.59. The van der Waals surface area contributed by atoms with Crippen LogP contribution in [0.15, 0.2) is 66.7 Å². The van der Waals surface area contributed by atoms with Gasteiger partial charge in [-0.05, 0) is 55.3 Å². The molecule has 0 spiro atoms. The van der Waals surface area contributed by atoms with Crippen LogP contribution in [0.5, 0.6) is 0 Å². The Balaban J connectivity index is 1.72. The molecule has 0 fully saturated rings. The van der Waals surface area contributed by atoms with E-state index in [1.54, 1.807) is 53.1 Å². The number of halogens is 1. The Kier molecular flexibility index (Phi) is 6.84. The van der Waals surface area contributed by atoms with E-state index in [-0.39, 0.29) is 40.4 Å². The summed E-state index contributed by atoms with van der Waals surface area (Å²) in [5.74, 6) is -1.13. The number of nitrogens with zero attached hydrogens (tertiary/aromatic N) is 4. The molecular weight excluding hydrogens is 520 g/mol. The van der Waals surface area contributed by atoms with Crippen LogP contribution in [0.3, 0.4) is 0 Å². The number of aromatic nitrogens is 2. The molecule has 1 aromatic heterocycles. The lowest BCUT2D eigenvalue weighted by molar-refractivity contribution is -0.384. The Morgan fingerprint density at radius 2 is 1.56 bits per heavy atom. The van der Waals surface area contributed by atoms with Gasteiger partial charge in [-0.25, -0.2) is 4.98 Å². The van der Waals surface area contributed by atoms with Crippen molar-refractivity contribution in [1.82, 2.24) is 14.5 Å². The summed E-state index contributed by atoms with van der Waals surface area (Å²) in [7, 11) is 0. The number of rotatable bonds is 8. The Morgan fingerprint density at radius 3 is 2.13 bits per heavy atom. The van der Waals surface area contributed by atoms with Gasteiger partial charge in [0.05, 0.1) is 33.9 Å². The van der Waals surface area contributed by atoms with Gasteiger partial charge < -0.3 is 0 Å². The summed E-state index contributed by atoms with van der Waals surface area (Å²) in [6.07, 6.45) is 0.950. The number of fused-ring (bicyclic) bond motifs is 1. The number of carbonyl (C=O) groups excluding carboxylic acids is 3. The average Bonchev–Trinajstić information content (AvgIpc) is 3.42. The number of nitro groups is 1. The van der Waals surface area contributed by atoms with Crippen LogP contribution in [-0.2, 0) is 19.4 Å². The van der Waals surface area contributed by atoms with Crippen molar-refractivity contribution in [2.24, 2.45) is 0 Å². The monoisotopic (exact) mass is 542 g/mol. The molecule has 2 amide bonds. The molecule has 1 aliphatic heterocycles. The SMILES string of the molecule is CCc1nc(CN2C(=O)c3ccccc3C2=O)n(-c2c(C(=O)c3ccc(Cl)cc3)cccc2[N+](=O)[O-])c1CC. The number of ketones is 1. The summed E-state index contributed by atoms with van der Waals surface area (Å²) in [4.78, 5) is 57.5. The van der Waals surface area contributed by atoms with Crippen LogP contribution >= 0.6 is 11.6 Å². The second-order valence-electron chi connectivity index (χ2n) is 8.97. The van der Waals surface area contributed by atoms with Gasteiger partial charge in [0.2, 0.25) is 0 Å². The summed E-state index contributed by atoms with van der Waals surface area (Å²) in [5, 5.41) is 12.7. The van der Waals surface area contributed by atoms with Crippen molar-refractivity contribution in [1.29, 1.82) is 0 Å². The van der Waals surface area contributed by atoms with Crippen molar-refractivity contribution in [3.05, 3.63) is 121 Å². The zero-order chi connectivity index (χ0) is 27.8. The molecule has 0 saturated heterocycles. The van der Waals surface area contributed by atoms with E-state index in [1.165, 1.54) is 18.2 Å². The van der Waals surface area contributed by atoms with Crippen LogP contribution in [0.2, 0.25) is 5.02 Å². The fourth-order valence-corrected chi connectivity index (χ4v) is 5.07. The highest BCUT2D eigenvalue weighted by Crippen LogP contribution is 2.34. The Bertz CT molecular complexity index is 1620. The van der Waals surface area contributed by atoms with Gasteiger partial charge in [0.25, 0.3) is 17.5 Å². The number of nitro benzene ring substituents is 1. The van der Waals surface area contributed by atoms with Crippen LogP contribution in [0.25, 0.3) is 5.69 Å². The molecule has 0 radical (unpaired) electrons. The highest BCUT2D eigenvalue weighted by atomic mass is 35.5. The third-order valence-corrected chi connectivity index (χ3v) is 7.01. The van der Waals surface area contributed by atoms with E-state index < -0.39 is 22.5 Å². The van der Waals surface area contributed by atoms with Gasteiger partial charge in [-0.15, -0.1) is 0 Å². The molecule has 4 aromatic rings. The van der Waals surface area contributed by atoms with Crippen molar-refractivity contribution in [3.8, 4) is 5.69 Å². The fourth-order valence-electron chi connectivity index (χ4n) is 4.95. The molecule has 0 aliphatic carbocycles. The van der Waals surface area contributed by atoms with E-state index in [9.17, 15) is 24.5 Å². The van der Waals surface area contributed by atoms with Crippen molar-refractivity contribution in [2.45, 2.75) is 33.2 Å². The quantitative estimate of drug-likeness (QED) is 0.124. The number of hydrogen-bond donors (Lipinski definition) is 0. The van der Waals surface area contributed by atoms with Gasteiger partial charge >= 0.3 is 0 Å². The first-order chi connectivity index (χ1) is 18.8. The smallest absolute Gasteiger partial charge is 0.292 e. The molecule has 1 aliphatic rings. The maximum Gasteiger partial charge on any atom is 0.294 e. The lowest BCUT2D eigenvalue weighted by Crippen LogP contribution is -2.30. The van der Waals surface area contributed by atoms with Gasteiger partial charge in [0, 0.05) is 22.3 Å². The number of carbonyl (C=O) groups is 3. The minimum absolute atomic E-state index is 0.0399. The number of aryl methyl sites for hydroxylation is 1. The highest BCUT2D eigenvalue weighted by molar-refractivity contribution is 6.30. The Hall–Kier alpha value is -4.63. The second kappa shape index (κ2) is 10.3.